The van der Waals surface area contributed by atoms with E-state index in [9.17, 15) is 5.26 Å². The summed E-state index contributed by atoms with van der Waals surface area (Å²) in [5, 5.41) is 9.20. The first-order valence-corrected chi connectivity index (χ1v) is 10.4. The number of aromatic nitrogens is 2. The zero-order chi connectivity index (χ0) is 20.1. The van der Waals surface area contributed by atoms with Crippen LogP contribution in [0, 0.1) is 16.7 Å². The summed E-state index contributed by atoms with van der Waals surface area (Å²) in [5.74, 6) is 1.23. The van der Waals surface area contributed by atoms with Gasteiger partial charge < -0.3 is 9.64 Å². The second-order valence-electron chi connectivity index (χ2n) is 9.04. The fourth-order valence-electron chi connectivity index (χ4n) is 4.09. The Bertz CT molecular complexity index is 687. The van der Waals surface area contributed by atoms with Gasteiger partial charge in [0.2, 0.25) is 5.82 Å². The molecule has 2 aliphatic rings. The third-order valence-corrected chi connectivity index (χ3v) is 5.44. The molecule has 7 nitrogen and oxygen atoms in total. The monoisotopic (exact) mass is 386 g/mol. The molecule has 1 aromatic rings. The number of ether oxygens (including phenoxy) is 1. The standard InChI is InChI=1S/C21H34N6O/c1-5-28-11-10-25-6-8-26(9-7-25)15-18-12-17-14-23-19(13-22)24-20(17)27(18)16-21(2,3)4/h14,18H,5-12,15-16H2,1-4H3. The SMILES string of the molecule is CCOCCN1CCN(CC2Cc3cnc(C#N)nc3N2CC(C)(C)C)CC1. The molecule has 0 amide bonds. The van der Waals surface area contributed by atoms with E-state index in [1.165, 1.54) is 5.56 Å². The molecule has 0 radical (unpaired) electrons. The van der Waals surface area contributed by atoms with Crippen molar-refractivity contribution in [3.63, 3.8) is 0 Å². The minimum absolute atomic E-state index is 0.162. The predicted molar refractivity (Wildman–Crippen MR) is 110 cm³/mol. The second-order valence-corrected chi connectivity index (χ2v) is 9.04. The Morgan fingerprint density at radius 1 is 1.21 bits per heavy atom. The van der Waals surface area contributed by atoms with Gasteiger partial charge in [0.15, 0.2) is 0 Å². The van der Waals surface area contributed by atoms with Crippen molar-refractivity contribution in [2.75, 3.05) is 63.9 Å². The lowest BCUT2D eigenvalue weighted by Gasteiger charge is -2.39. The highest BCUT2D eigenvalue weighted by atomic mass is 16.5. The van der Waals surface area contributed by atoms with Crippen molar-refractivity contribution in [1.82, 2.24) is 19.8 Å². The summed E-state index contributed by atoms with van der Waals surface area (Å²) >= 11 is 0. The van der Waals surface area contributed by atoms with Crippen LogP contribution in [0.3, 0.4) is 0 Å². The molecule has 0 N–H and O–H groups in total. The van der Waals surface area contributed by atoms with Gasteiger partial charge in [-0.15, -0.1) is 0 Å². The zero-order valence-corrected chi connectivity index (χ0v) is 17.8. The molecule has 1 fully saturated rings. The molecule has 0 bridgehead atoms. The molecule has 154 valence electrons. The van der Waals surface area contributed by atoms with E-state index in [4.69, 9.17) is 4.74 Å². The molecule has 3 rings (SSSR count). The molecule has 0 aliphatic carbocycles. The number of nitriles is 1. The Morgan fingerprint density at radius 3 is 2.57 bits per heavy atom. The van der Waals surface area contributed by atoms with Crippen LogP contribution < -0.4 is 4.90 Å². The van der Waals surface area contributed by atoms with Gasteiger partial charge in [0.05, 0.1) is 6.61 Å². The molecular formula is C21H34N6O. The Morgan fingerprint density at radius 2 is 1.93 bits per heavy atom. The quantitative estimate of drug-likeness (QED) is 0.662. The van der Waals surface area contributed by atoms with E-state index in [-0.39, 0.29) is 11.2 Å². The van der Waals surface area contributed by atoms with Crippen LogP contribution >= 0.6 is 0 Å². The van der Waals surface area contributed by atoms with Crippen molar-refractivity contribution < 1.29 is 4.74 Å². The molecule has 0 saturated carbocycles. The van der Waals surface area contributed by atoms with Gasteiger partial charge in [0.25, 0.3) is 0 Å². The first-order valence-electron chi connectivity index (χ1n) is 10.4. The van der Waals surface area contributed by atoms with Crippen LogP contribution in [0.15, 0.2) is 6.20 Å². The normalized spacial score (nSPS) is 21.0. The van der Waals surface area contributed by atoms with Crippen LogP contribution in [0.1, 0.15) is 39.1 Å². The van der Waals surface area contributed by atoms with Crippen molar-refractivity contribution in [3.8, 4) is 6.07 Å². The molecular weight excluding hydrogens is 352 g/mol. The zero-order valence-electron chi connectivity index (χ0n) is 17.8. The van der Waals surface area contributed by atoms with Crippen LogP contribution in [-0.4, -0.2) is 84.8 Å². The fourth-order valence-corrected chi connectivity index (χ4v) is 4.09. The third-order valence-electron chi connectivity index (χ3n) is 5.44. The Balaban J connectivity index is 1.62. The minimum Gasteiger partial charge on any atom is -0.380 e. The van der Waals surface area contributed by atoms with Crippen LogP contribution in [0.25, 0.3) is 0 Å². The summed E-state index contributed by atoms with van der Waals surface area (Å²) in [5.41, 5.74) is 1.33. The second kappa shape index (κ2) is 9.17. The maximum atomic E-state index is 9.20. The number of fused-ring (bicyclic) bond motifs is 1. The molecule has 1 unspecified atom stereocenters. The van der Waals surface area contributed by atoms with E-state index in [0.717, 1.165) is 71.3 Å². The topological polar surface area (TPSA) is 68.5 Å². The van der Waals surface area contributed by atoms with E-state index in [1.54, 1.807) is 0 Å². The molecule has 0 spiro atoms. The van der Waals surface area contributed by atoms with Crippen LogP contribution in [0.4, 0.5) is 5.82 Å². The molecule has 28 heavy (non-hydrogen) atoms. The molecule has 2 aliphatic heterocycles. The Kier molecular flexibility index (Phi) is 6.86. The van der Waals surface area contributed by atoms with E-state index in [1.807, 2.05) is 13.1 Å². The lowest BCUT2D eigenvalue weighted by molar-refractivity contribution is 0.0787. The first kappa shape index (κ1) is 21.0. The van der Waals surface area contributed by atoms with E-state index < -0.39 is 0 Å². The van der Waals surface area contributed by atoms with Crippen molar-refractivity contribution in [1.29, 1.82) is 5.26 Å². The summed E-state index contributed by atoms with van der Waals surface area (Å²) in [4.78, 5) is 16.2. The smallest absolute Gasteiger partial charge is 0.234 e. The van der Waals surface area contributed by atoms with Crippen LogP contribution in [0.2, 0.25) is 0 Å². The first-order chi connectivity index (χ1) is 13.4. The Hall–Kier alpha value is -1.75. The van der Waals surface area contributed by atoms with Gasteiger partial charge in [0, 0.05) is 70.2 Å². The molecule has 7 heteroatoms. The highest BCUT2D eigenvalue weighted by Gasteiger charge is 2.35. The average Bonchev–Trinajstić information content (AvgIpc) is 2.98. The molecule has 1 aromatic heterocycles. The lowest BCUT2D eigenvalue weighted by atomic mass is 9.95. The Labute approximate surface area is 169 Å². The van der Waals surface area contributed by atoms with Crippen LogP contribution in [-0.2, 0) is 11.2 Å². The van der Waals surface area contributed by atoms with E-state index in [0.29, 0.717) is 6.04 Å². The maximum Gasteiger partial charge on any atom is 0.234 e. The number of anilines is 1. The molecule has 1 atom stereocenters. The number of hydrogen-bond donors (Lipinski definition) is 0. The van der Waals surface area contributed by atoms with Gasteiger partial charge in [0.1, 0.15) is 11.9 Å². The van der Waals surface area contributed by atoms with Gasteiger partial charge in [-0.25, -0.2) is 9.97 Å². The highest BCUT2D eigenvalue weighted by Crippen LogP contribution is 2.33. The summed E-state index contributed by atoms with van der Waals surface area (Å²) in [7, 11) is 0. The van der Waals surface area contributed by atoms with Crippen LogP contribution in [0.5, 0.6) is 0 Å². The van der Waals surface area contributed by atoms with Crippen molar-refractivity contribution in [2.45, 2.75) is 40.2 Å². The van der Waals surface area contributed by atoms with Crippen molar-refractivity contribution >= 4 is 5.82 Å². The van der Waals surface area contributed by atoms with E-state index >= 15 is 0 Å². The van der Waals surface area contributed by atoms with Gasteiger partial charge in [-0.1, -0.05) is 20.8 Å². The largest absolute Gasteiger partial charge is 0.380 e. The van der Waals surface area contributed by atoms with Crippen molar-refractivity contribution in [2.24, 2.45) is 5.41 Å². The summed E-state index contributed by atoms with van der Waals surface area (Å²) in [6, 6.07) is 2.48. The summed E-state index contributed by atoms with van der Waals surface area (Å²) < 4.78 is 5.49. The lowest BCUT2D eigenvalue weighted by Crippen LogP contribution is -2.52. The molecule has 0 aromatic carbocycles. The number of hydrogen-bond acceptors (Lipinski definition) is 7. The average molecular weight is 387 g/mol. The van der Waals surface area contributed by atoms with Crippen molar-refractivity contribution in [3.05, 3.63) is 17.6 Å². The third kappa shape index (κ3) is 5.40. The highest BCUT2D eigenvalue weighted by molar-refractivity contribution is 5.54. The number of rotatable bonds is 7. The minimum atomic E-state index is 0.162. The number of piperazine rings is 1. The van der Waals surface area contributed by atoms with Gasteiger partial charge in [-0.3, -0.25) is 9.80 Å². The van der Waals surface area contributed by atoms with Gasteiger partial charge >= 0.3 is 0 Å². The summed E-state index contributed by atoms with van der Waals surface area (Å²) in [6.07, 6.45) is 2.81. The van der Waals surface area contributed by atoms with E-state index in [2.05, 4.69) is 51.5 Å². The molecule has 3 heterocycles. The maximum absolute atomic E-state index is 9.20. The molecule has 1 saturated heterocycles. The van der Waals surface area contributed by atoms with Gasteiger partial charge in [-0.05, 0) is 18.8 Å². The summed E-state index contributed by atoms with van der Waals surface area (Å²) in [6.45, 7) is 17.8. The van der Waals surface area contributed by atoms with Gasteiger partial charge in [-0.2, -0.15) is 5.26 Å². The fraction of sp³-hybridized carbons (Fsp3) is 0.762. The predicted octanol–water partition coefficient (Wildman–Crippen LogP) is 1.78. The number of nitrogens with zero attached hydrogens (tertiary/aromatic N) is 6.